The summed E-state index contributed by atoms with van der Waals surface area (Å²) in [6.45, 7) is 2.29. The molecule has 0 saturated heterocycles. The third-order valence-corrected chi connectivity index (χ3v) is 4.72. The fraction of sp³-hybridized carbons (Fsp3) is 0.200. The van der Waals surface area contributed by atoms with Gasteiger partial charge in [0.25, 0.3) is 5.91 Å². The third kappa shape index (κ3) is 5.93. The lowest BCUT2D eigenvalue weighted by atomic mass is 10.1. The van der Waals surface area contributed by atoms with E-state index in [-0.39, 0.29) is 24.1 Å². The number of amides is 1. The Balaban J connectivity index is 1.85. The number of ether oxygens (including phenoxy) is 2. The number of carboxylic acids is 1. The first kappa shape index (κ1) is 22.1. The van der Waals surface area contributed by atoms with Gasteiger partial charge in [0.2, 0.25) is 0 Å². The molecule has 0 bridgehead atoms. The van der Waals surface area contributed by atoms with E-state index < -0.39 is 5.97 Å². The van der Waals surface area contributed by atoms with Crippen LogP contribution in [0.15, 0.2) is 72.3 Å². The molecule has 0 aromatic heterocycles. The van der Waals surface area contributed by atoms with Crippen molar-refractivity contribution < 1.29 is 24.2 Å². The predicted molar refractivity (Wildman–Crippen MR) is 120 cm³/mol. The molecule has 0 fully saturated rings. The van der Waals surface area contributed by atoms with Crippen LogP contribution in [0.3, 0.4) is 0 Å². The molecule has 3 rings (SSSR count). The van der Waals surface area contributed by atoms with Gasteiger partial charge in [-0.15, -0.1) is 0 Å². The highest BCUT2D eigenvalue weighted by Crippen LogP contribution is 2.25. The van der Waals surface area contributed by atoms with Crippen LogP contribution in [-0.2, 0) is 9.53 Å². The maximum atomic E-state index is 12.9. The molecule has 0 aliphatic carbocycles. The largest absolute Gasteiger partial charge is 0.488 e. The quantitative estimate of drug-likeness (QED) is 0.509. The van der Waals surface area contributed by atoms with Crippen LogP contribution in [0.4, 0.5) is 0 Å². The van der Waals surface area contributed by atoms with Crippen molar-refractivity contribution in [3.8, 4) is 5.75 Å². The fourth-order valence-electron chi connectivity index (χ4n) is 3.18. The zero-order valence-electron chi connectivity index (χ0n) is 17.5. The van der Waals surface area contributed by atoms with Crippen LogP contribution in [0.1, 0.15) is 22.8 Å². The summed E-state index contributed by atoms with van der Waals surface area (Å²) in [5, 5.41) is 14.0. The Hall–Kier alpha value is -3.64. The van der Waals surface area contributed by atoms with Crippen molar-refractivity contribution >= 4 is 28.7 Å². The second-order valence-corrected chi connectivity index (χ2v) is 7.19. The lowest BCUT2D eigenvalue weighted by molar-refractivity contribution is -0.118. The summed E-state index contributed by atoms with van der Waals surface area (Å²) in [4.78, 5) is 24.0. The number of nitrogens with one attached hydrogen (secondary N) is 1. The van der Waals surface area contributed by atoms with E-state index in [0.717, 1.165) is 10.8 Å². The van der Waals surface area contributed by atoms with Crippen molar-refractivity contribution in [2.45, 2.75) is 13.0 Å². The van der Waals surface area contributed by atoms with Crippen molar-refractivity contribution in [3.05, 3.63) is 83.4 Å². The monoisotopic (exact) mass is 419 g/mol. The van der Waals surface area contributed by atoms with Crippen LogP contribution in [0.25, 0.3) is 16.8 Å². The van der Waals surface area contributed by atoms with E-state index in [9.17, 15) is 9.59 Å². The van der Waals surface area contributed by atoms with Gasteiger partial charge in [0.1, 0.15) is 12.4 Å². The number of carbonyl (C=O) groups excluding carboxylic acids is 1. The summed E-state index contributed by atoms with van der Waals surface area (Å²) in [6.07, 6.45) is 1.70. The van der Waals surface area contributed by atoms with Gasteiger partial charge in [-0.05, 0) is 42.1 Å². The first-order valence-electron chi connectivity index (χ1n) is 9.92. The number of methoxy groups -OCH3 is 1. The molecule has 1 amide bonds. The van der Waals surface area contributed by atoms with Gasteiger partial charge < -0.3 is 19.9 Å². The molecule has 3 aromatic carbocycles. The van der Waals surface area contributed by atoms with Gasteiger partial charge in [0.05, 0.1) is 17.7 Å². The molecule has 1 unspecified atom stereocenters. The molecule has 0 aliphatic rings. The smallest absolute Gasteiger partial charge is 0.335 e. The van der Waals surface area contributed by atoms with Crippen molar-refractivity contribution in [1.29, 1.82) is 0 Å². The van der Waals surface area contributed by atoms with Gasteiger partial charge in [0, 0.05) is 18.5 Å². The molecule has 2 N–H and O–H groups in total. The molecule has 3 aromatic rings. The van der Waals surface area contributed by atoms with Crippen LogP contribution in [0.2, 0.25) is 0 Å². The zero-order chi connectivity index (χ0) is 22.2. The van der Waals surface area contributed by atoms with E-state index in [1.165, 1.54) is 12.1 Å². The maximum Gasteiger partial charge on any atom is 0.335 e. The minimum absolute atomic E-state index is 0.0558. The molecule has 0 aliphatic heterocycles. The average Bonchev–Trinajstić information content (AvgIpc) is 2.77. The number of hydrogen-bond acceptors (Lipinski definition) is 4. The zero-order valence-corrected chi connectivity index (χ0v) is 17.5. The number of fused-ring (bicyclic) bond motifs is 1. The van der Waals surface area contributed by atoms with Gasteiger partial charge in [0.15, 0.2) is 0 Å². The minimum Gasteiger partial charge on any atom is -0.488 e. The van der Waals surface area contributed by atoms with Crippen LogP contribution in [0, 0.1) is 0 Å². The standard InChI is InChI=1S/C25H25NO5/c1-17(15-30-2)26-24(27)21(14-18-10-12-20(13-11-18)25(28)29)16-31-23-9-5-7-19-6-3-4-8-22(19)23/h3-14,17H,15-16H2,1-2H3,(H,26,27)(H,28,29)/b21-14+. The van der Waals surface area contributed by atoms with Gasteiger partial charge in [-0.2, -0.15) is 0 Å². The Bertz CT molecular complexity index is 1080. The first-order valence-corrected chi connectivity index (χ1v) is 9.92. The van der Waals surface area contributed by atoms with E-state index >= 15 is 0 Å². The Morgan fingerprint density at radius 1 is 1.03 bits per heavy atom. The van der Waals surface area contributed by atoms with Crippen LogP contribution < -0.4 is 10.1 Å². The topological polar surface area (TPSA) is 84.9 Å². The predicted octanol–water partition coefficient (Wildman–Crippen LogP) is 4.15. The second kappa shape index (κ2) is 10.4. The molecular formula is C25H25NO5. The number of rotatable bonds is 9. The third-order valence-electron chi connectivity index (χ3n) is 4.72. The van der Waals surface area contributed by atoms with Crippen LogP contribution in [0.5, 0.6) is 5.75 Å². The lowest BCUT2D eigenvalue weighted by Crippen LogP contribution is -2.37. The number of benzene rings is 3. The molecule has 0 saturated carbocycles. The molecule has 31 heavy (non-hydrogen) atoms. The summed E-state index contributed by atoms with van der Waals surface area (Å²) < 4.78 is 11.1. The van der Waals surface area contributed by atoms with Crippen molar-refractivity contribution in [2.24, 2.45) is 0 Å². The highest BCUT2D eigenvalue weighted by molar-refractivity contribution is 5.98. The Labute approximate surface area is 181 Å². The van der Waals surface area contributed by atoms with E-state index in [0.29, 0.717) is 23.5 Å². The SMILES string of the molecule is COCC(C)NC(=O)/C(=C/c1ccc(C(=O)O)cc1)COc1cccc2ccccc12. The highest BCUT2D eigenvalue weighted by Gasteiger charge is 2.15. The van der Waals surface area contributed by atoms with Gasteiger partial charge >= 0.3 is 5.97 Å². The van der Waals surface area contributed by atoms with Gasteiger partial charge in [-0.3, -0.25) is 4.79 Å². The molecular weight excluding hydrogens is 394 g/mol. The van der Waals surface area contributed by atoms with E-state index in [4.69, 9.17) is 14.6 Å². The van der Waals surface area contributed by atoms with E-state index in [1.807, 2.05) is 49.4 Å². The minimum atomic E-state index is -0.999. The number of aromatic carboxylic acids is 1. The summed E-state index contributed by atoms with van der Waals surface area (Å²) in [5.74, 6) is -0.587. The molecule has 160 valence electrons. The maximum absolute atomic E-state index is 12.9. The number of carbonyl (C=O) groups is 2. The van der Waals surface area contributed by atoms with E-state index in [2.05, 4.69) is 5.32 Å². The van der Waals surface area contributed by atoms with Gasteiger partial charge in [-0.1, -0.05) is 48.5 Å². The highest BCUT2D eigenvalue weighted by atomic mass is 16.5. The average molecular weight is 419 g/mol. The second-order valence-electron chi connectivity index (χ2n) is 7.19. The molecule has 1 atom stereocenters. The molecule has 0 heterocycles. The first-order chi connectivity index (χ1) is 15.0. The molecule has 0 radical (unpaired) electrons. The number of carboxylic acid groups (broad SMARTS) is 1. The number of hydrogen-bond donors (Lipinski definition) is 2. The fourth-order valence-corrected chi connectivity index (χ4v) is 3.18. The van der Waals surface area contributed by atoms with Gasteiger partial charge in [-0.25, -0.2) is 4.79 Å². The summed E-state index contributed by atoms with van der Waals surface area (Å²) >= 11 is 0. The molecule has 0 spiro atoms. The lowest BCUT2D eigenvalue weighted by Gasteiger charge is -2.16. The normalized spacial score (nSPS) is 12.4. The Morgan fingerprint density at radius 2 is 1.74 bits per heavy atom. The summed E-state index contributed by atoms with van der Waals surface area (Å²) in [5.41, 5.74) is 1.30. The van der Waals surface area contributed by atoms with Crippen LogP contribution in [-0.4, -0.2) is 43.3 Å². The van der Waals surface area contributed by atoms with Crippen molar-refractivity contribution in [1.82, 2.24) is 5.32 Å². The van der Waals surface area contributed by atoms with Crippen LogP contribution >= 0.6 is 0 Å². The van der Waals surface area contributed by atoms with Crippen molar-refractivity contribution in [2.75, 3.05) is 20.3 Å². The summed E-state index contributed by atoms with van der Waals surface area (Å²) in [7, 11) is 1.58. The Kier molecular flexibility index (Phi) is 7.40. The summed E-state index contributed by atoms with van der Waals surface area (Å²) in [6, 6.07) is 19.8. The molecule has 6 nitrogen and oxygen atoms in total. The van der Waals surface area contributed by atoms with Crippen molar-refractivity contribution in [3.63, 3.8) is 0 Å². The Morgan fingerprint density at radius 3 is 2.45 bits per heavy atom. The molecule has 6 heteroatoms. The van der Waals surface area contributed by atoms with E-state index in [1.54, 1.807) is 25.3 Å².